The van der Waals surface area contributed by atoms with Crippen molar-refractivity contribution < 1.29 is 27.7 Å². The van der Waals surface area contributed by atoms with Crippen LogP contribution in [0.25, 0.3) is 0 Å². The number of rotatable bonds is 6. The Morgan fingerprint density at radius 1 is 0.892 bits per heavy atom. The Kier molecular flexibility index (Phi) is 7.06. The molecule has 0 radical (unpaired) electrons. The summed E-state index contributed by atoms with van der Waals surface area (Å²) < 4.78 is 42.2. The smallest absolute Gasteiger partial charge is 0.356 e. The summed E-state index contributed by atoms with van der Waals surface area (Å²) in [4.78, 5) is 38.3. The number of allylic oxidation sites excluding steroid dienone is 4. The minimum Gasteiger partial charge on any atom is -0.356 e. The molecule has 0 aliphatic carbocycles. The highest BCUT2D eigenvalue weighted by atomic mass is 19.4. The van der Waals surface area contributed by atoms with Crippen molar-refractivity contribution in [1.29, 1.82) is 0 Å². The summed E-state index contributed by atoms with van der Waals surface area (Å²) in [5.74, 6) is -4.28. The molecule has 188 valence electrons. The standard InChI is InChI=1S/C28H21F3N2O4/c1-17-26(33(36)37)24(20-14-8-9-15-21(20)28(29,30)31)25(27(35)19-12-6-3-7-13-19)22(32-17)16-23(34)18-10-4-2-5-11-18/h2-16,24-25,32H,1H3/b22-16-/t24-,25+/m0/s1. The van der Waals surface area contributed by atoms with Gasteiger partial charge in [-0.1, -0.05) is 78.9 Å². The highest BCUT2D eigenvalue weighted by Gasteiger charge is 2.49. The molecule has 3 aromatic rings. The van der Waals surface area contributed by atoms with E-state index in [1.54, 1.807) is 48.5 Å². The zero-order valence-electron chi connectivity index (χ0n) is 19.5. The molecule has 9 heteroatoms. The average Bonchev–Trinajstić information content (AvgIpc) is 2.88. The molecule has 3 aromatic carbocycles. The topological polar surface area (TPSA) is 89.3 Å². The Labute approximate surface area is 210 Å². The summed E-state index contributed by atoms with van der Waals surface area (Å²) in [6, 6.07) is 20.4. The second kappa shape index (κ2) is 10.2. The van der Waals surface area contributed by atoms with E-state index in [9.17, 15) is 32.9 Å². The zero-order valence-corrected chi connectivity index (χ0v) is 19.5. The van der Waals surface area contributed by atoms with E-state index in [1.807, 2.05) is 0 Å². The summed E-state index contributed by atoms with van der Waals surface area (Å²) in [7, 11) is 0. The second-order valence-electron chi connectivity index (χ2n) is 8.49. The second-order valence-corrected chi connectivity index (χ2v) is 8.49. The van der Waals surface area contributed by atoms with Crippen LogP contribution in [0.3, 0.4) is 0 Å². The van der Waals surface area contributed by atoms with Crippen molar-refractivity contribution in [3.05, 3.63) is 140 Å². The van der Waals surface area contributed by atoms with E-state index in [4.69, 9.17) is 0 Å². The van der Waals surface area contributed by atoms with Crippen LogP contribution < -0.4 is 5.32 Å². The summed E-state index contributed by atoms with van der Waals surface area (Å²) in [6.45, 7) is 1.34. The Hall–Kier alpha value is -4.53. The van der Waals surface area contributed by atoms with Crippen molar-refractivity contribution >= 4 is 11.6 Å². The Morgan fingerprint density at radius 2 is 1.43 bits per heavy atom. The first-order chi connectivity index (χ1) is 17.6. The lowest BCUT2D eigenvalue weighted by Gasteiger charge is -2.34. The van der Waals surface area contributed by atoms with Crippen LogP contribution in [-0.2, 0) is 6.18 Å². The van der Waals surface area contributed by atoms with Gasteiger partial charge in [0.2, 0.25) is 0 Å². The van der Waals surface area contributed by atoms with Crippen molar-refractivity contribution in [3.8, 4) is 0 Å². The maximum absolute atomic E-state index is 14.1. The van der Waals surface area contributed by atoms with Crippen LogP contribution in [0, 0.1) is 16.0 Å². The number of carbonyl (C=O) groups excluding carboxylic acids is 2. The van der Waals surface area contributed by atoms with Gasteiger partial charge >= 0.3 is 6.18 Å². The molecule has 1 heterocycles. The predicted molar refractivity (Wildman–Crippen MR) is 130 cm³/mol. The number of benzene rings is 3. The maximum atomic E-state index is 14.1. The van der Waals surface area contributed by atoms with Gasteiger partial charge in [0.05, 0.1) is 28.0 Å². The number of hydrogen-bond donors (Lipinski definition) is 1. The van der Waals surface area contributed by atoms with Crippen LogP contribution >= 0.6 is 0 Å². The fourth-order valence-corrected chi connectivity index (χ4v) is 4.56. The lowest BCUT2D eigenvalue weighted by molar-refractivity contribution is -0.433. The van der Waals surface area contributed by atoms with Crippen LogP contribution in [0.4, 0.5) is 13.2 Å². The Morgan fingerprint density at radius 3 is 2.00 bits per heavy atom. The van der Waals surface area contributed by atoms with E-state index in [1.165, 1.54) is 31.2 Å². The van der Waals surface area contributed by atoms with Crippen molar-refractivity contribution in [3.63, 3.8) is 0 Å². The summed E-state index contributed by atoms with van der Waals surface area (Å²) in [5, 5.41) is 15.0. The number of hydrogen-bond acceptors (Lipinski definition) is 5. The first-order valence-electron chi connectivity index (χ1n) is 11.3. The number of carbonyl (C=O) groups is 2. The number of Topliss-reactive ketones (excluding diaryl/α,β-unsaturated/α-hetero) is 1. The fraction of sp³-hybridized carbons (Fsp3) is 0.143. The van der Waals surface area contributed by atoms with Crippen molar-refractivity contribution in [1.82, 2.24) is 5.32 Å². The number of nitro groups is 1. The van der Waals surface area contributed by atoms with E-state index < -0.39 is 51.3 Å². The number of halogens is 3. The predicted octanol–water partition coefficient (Wildman–Crippen LogP) is 6.17. The SMILES string of the molecule is CC1=C([N+](=O)[O-])[C@@H](c2ccccc2C(F)(F)F)[C@H](C(=O)c2ccccc2)/C(=C/C(=O)c2ccccc2)N1. The molecule has 0 unspecified atom stereocenters. The third-order valence-electron chi connectivity index (χ3n) is 6.16. The molecule has 1 aliphatic rings. The van der Waals surface area contributed by atoms with Gasteiger partial charge < -0.3 is 5.32 Å². The number of ketones is 2. The van der Waals surface area contributed by atoms with Crippen LogP contribution in [0.2, 0.25) is 0 Å². The van der Waals surface area contributed by atoms with Gasteiger partial charge in [-0.3, -0.25) is 19.7 Å². The van der Waals surface area contributed by atoms with Gasteiger partial charge in [-0.15, -0.1) is 0 Å². The number of alkyl halides is 3. The molecule has 4 rings (SSSR count). The Balaban J connectivity index is 2.00. The Bertz CT molecular complexity index is 1410. The van der Waals surface area contributed by atoms with Crippen LogP contribution in [0.15, 0.2) is 108 Å². The molecule has 0 bridgehead atoms. The third kappa shape index (κ3) is 5.20. The first-order valence-corrected chi connectivity index (χ1v) is 11.3. The van der Waals surface area contributed by atoms with Crippen molar-refractivity contribution in [2.75, 3.05) is 0 Å². The van der Waals surface area contributed by atoms with Gasteiger partial charge in [0.1, 0.15) is 0 Å². The summed E-state index contributed by atoms with van der Waals surface area (Å²) >= 11 is 0. The van der Waals surface area contributed by atoms with Gasteiger partial charge in [0, 0.05) is 22.9 Å². The van der Waals surface area contributed by atoms with Crippen LogP contribution in [0.1, 0.15) is 44.7 Å². The highest BCUT2D eigenvalue weighted by molar-refractivity contribution is 6.07. The number of nitrogens with one attached hydrogen (secondary N) is 1. The molecular formula is C28H21F3N2O4. The summed E-state index contributed by atoms with van der Waals surface area (Å²) in [6.07, 6.45) is -3.70. The lowest BCUT2D eigenvalue weighted by atomic mass is 9.73. The molecule has 0 amide bonds. The van der Waals surface area contributed by atoms with Crippen molar-refractivity contribution in [2.24, 2.45) is 5.92 Å². The molecule has 0 saturated carbocycles. The molecular weight excluding hydrogens is 485 g/mol. The summed E-state index contributed by atoms with van der Waals surface area (Å²) in [5.41, 5.74) is -1.73. The van der Waals surface area contributed by atoms with E-state index >= 15 is 0 Å². The van der Waals surface area contributed by atoms with Gasteiger partial charge in [0.25, 0.3) is 5.70 Å². The molecule has 1 N–H and O–H groups in total. The normalized spacial score (nSPS) is 18.9. The average molecular weight is 506 g/mol. The molecule has 0 spiro atoms. The van der Waals surface area contributed by atoms with E-state index in [0.29, 0.717) is 0 Å². The van der Waals surface area contributed by atoms with E-state index in [0.717, 1.165) is 18.2 Å². The van der Waals surface area contributed by atoms with Gasteiger partial charge in [-0.2, -0.15) is 13.2 Å². The fourth-order valence-electron chi connectivity index (χ4n) is 4.56. The monoisotopic (exact) mass is 506 g/mol. The number of nitrogens with zero attached hydrogens (tertiary/aromatic N) is 1. The quantitative estimate of drug-likeness (QED) is 0.187. The lowest BCUT2D eigenvalue weighted by Crippen LogP contribution is -2.40. The highest BCUT2D eigenvalue weighted by Crippen LogP contribution is 2.46. The largest absolute Gasteiger partial charge is 0.416 e. The van der Waals surface area contributed by atoms with E-state index in [2.05, 4.69) is 5.32 Å². The molecule has 1 aliphatic heterocycles. The molecule has 6 nitrogen and oxygen atoms in total. The zero-order chi connectivity index (χ0) is 26.7. The molecule has 0 saturated heterocycles. The molecule has 0 aromatic heterocycles. The molecule has 2 atom stereocenters. The maximum Gasteiger partial charge on any atom is 0.416 e. The minimum atomic E-state index is -4.83. The molecule has 37 heavy (non-hydrogen) atoms. The van der Waals surface area contributed by atoms with Gasteiger partial charge in [-0.25, -0.2) is 0 Å². The van der Waals surface area contributed by atoms with Crippen molar-refractivity contribution in [2.45, 2.75) is 19.0 Å². The first kappa shape index (κ1) is 25.6. The minimum absolute atomic E-state index is 0.0206. The molecule has 0 fully saturated rings. The van der Waals surface area contributed by atoms with Crippen LogP contribution in [0.5, 0.6) is 0 Å². The van der Waals surface area contributed by atoms with Crippen LogP contribution in [-0.4, -0.2) is 16.5 Å². The van der Waals surface area contributed by atoms with Gasteiger partial charge in [-0.05, 0) is 18.6 Å². The van der Waals surface area contributed by atoms with Gasteiger partial charge in [0.15, 0.2) is 11.6 Å². The third-order valence-corrected chi connectivity index (χ3v) is 6.16. The van der Waals surface area contributed by atoms with E-state index in [-0.39, 0.29) is 22.5 Å².